The highest BCUT2D eigenvalue weighted by Gasteiger charge is 2.06. The Bertz CT molecular complexity index is 823. The van der Waals surface area contributed by atoms with Crippen LogP contribution in [0.5, 0.6) is 5.75 Å². The molecule has 0 atom stereocenters. The standard InChI is InChI=1S/C14H13ClN6O2/c1-8-5-12(21-23-8)18-13-7-16-20-14(19-13)17-9-3-4-11(22-2)10(15)6-9/h3-7H,1-2H3,(H2,17,18,19,20,21). The normalized spacial score (nSPS) is 10.4. The van der Waals surface area contributed by atoms with Crippen molar-refractivity contribution in [1.29, 1.82) is 0 Å². The Kier molecular flexibility index (Phi) is 4.24. The number of hydrogen-bond acceptors (Lipinski definition) is 8. The second kappa shape index (κ2) is 6.49. The Morgan fingerprint density at radius 2 is 2.04 bits per heavy atom. The van der Waals surface area contributed by atoms with Gasteiger partial charge in [0.05, 0.1) is 18.3 Å². The van der Waals surface area contributed by atoms with Gasteiger partial charge in [0.2, 0.25) is 5.95 Å². The number of halogens is 1. The molecule has 2 N–H and O–H groups in total. The molecule has 0 aliphatic carbocycles. The van der Waals surface area contributed by atoms with E-state index in [-0.39, 0.29) is 0 Å². The number of methoxy groups -OCH3 is 1. The maximum absolute atomic E-state index is 6.08. The van der Waals surface area contributed by atoms with Crippen LogP contribution in [0.1, 0.15) is 5.76 Å². The summed E-state index contributed by atoms with van der Waals surface area (Å²) in [5.41, 5.74) is 0.715. The van der Waals surface area contributed by atoms with Crippen molar-refractivity contribution in [1.82, 2.24) is 20.3 Å². The molecular formula is C14H13ClN6O2. The molecule has 1 aromatic carbocycles. The number of ether oxygens (including phenoxy) is 1. The SMILES string of the molecule is COc1ccc(Nc2nncc(Nc3cc(C)on3)n2)cc1Cl. The van der Waals surface area contributed by atoms with Gasteiger partial charge >= 0.3 is 0 Å². The first kappa shape index (κ1) is 15.0. The zero-order valence-corrected chi connectivity index (χ0v) is 13.1. The molecule has 2 aromatic heterocycles. The molecule has 3 aromatic rings. The van der Waals surface area contributed by atoms with Gasteiger partial charge in [-0.15, -0.1) is 5.10 Å². The lowest BCUT2D eigenvalue weighted by Crippen LogP contribution is -2.02. The lowest BCUT2D eigenvalue weighted by Gasteiger charge is -2.08. The lowest BCUT2D eigenvalue weighted by atomic mass is 10.3. The minimum absolute atomic E-state index is 0.316. The van der Waals surface area contributed by atoms with E-state index in [0.29, 0.717) is 39.8 Å². The molecule has 118 valence electrons. The molecule has 0 saturated heterocycles. The summed E-state index contributed by atoms with van der Waals surface area (Å²) in [6, 6.07) is 7.01. The molecule has 0 radical (unpaired) electrons. The second-order valence-electron chi connectivity index (χ2n) is 4.59. The van der Waals surface area contributed by atoms with Crippen molar-refractivity contribution < 1.29 is 9.26 Å². The van der Waals surface area contributed by atoms with Crippen LogP contribution in [0.2, 0.25) is 5.02 Å². The van der Waals surface area contributed by atoms with E-state index in [1.807, 2.05) is 0 Å². The van der Waals surface area contributed by atoms with Gasteiger partial charge in [0.25, 0.3) is 0 Å². The zero-order valence-electron chi connectivity index (χ0n) is 12.4. The number of rotatable bonds is 5. The minimum atomic E-state index is 0.316. The fourth-order valence-corrected chi connectivity index (χ4v) is 2.10. The van der Waals surface area contributed by atoms with Crippen molar-refractivity contribution in [3.05, 3.63) is 41.2 Å². The Labute approximate surface area is 136 Å². The molecule has 8 nitrogen and oxygen atoms in total. The van der Waals surface area contributed by atoms with Crippen LogP contribution >= 0.6 is 11.6 Å². The van der Waals surface area contributed by atoms with Crippen molar-refractivity contribution in [3.63, 3.8) is 0 Å². The third kappa shape index (κ3) is 3.67. The maximum Gasteiger partial charge on any atom is 0.249 e. The molecule has 3 rings (SSSR count). The maximum atomic E-state index is 6.08. The highest BCUT2D eigenvalue weighted by molar-refractivity contribution is 6.32. The predicted molar refractivity (Wildman–Crippen MR) is 85.6 cm³/mol. The third-order valence-corrected chi connectivity index (χ3v) is 3.15. The van der Waals surface area contributed by atoms with Crippen LogP contribution in [0.15, 0.2) is 35.0 Å². The first-order chi connectivity index (χ1) is 11.1. The molecule has 0 fully saturated rings. The summed E-state index contributed by atoms with van der Waals surface area (Å²) in [4.78, 5) is 4.29. The average molecular weight is 333 g/mol. The summed E-state index contributed by atoms with van der Waals surface area (Å²) in [6.45, 7) is 1.80. The Morgan fingerprint density at radius 3 is 2.74 bits per heavy atom. The van der Waals surface area contributed by atoms with Crippen molar-refractivity contribution in [2.75, 3.05) is 17.7 Å². The van der Waals surface area contributed by atoms with Gasteiger partial charge in [-0.3, -0.25) is 0 Å². The molecule has 23 heavy (non-hydrogen) atoms. The van der Waals surface area contributed by atoms with Crippen LogP contribution in [0.25, 0.3) is 0 Å². The largest absolute Gasteiger partial charge is 0.495 e. The fourth-order valence-electron chi connectivity index (χ4n) is 1.85. The Balaban J connectivity index is 1.76. The van der Waals surface area contributed by atoms with Gasteiger partial charge in [-0.1, -0.05) is 16.8 Å². The third-order valence-electron chi connectivity index (χ3n) is 2.85. The quantitative estimate of drug-likeness (QED) is 0.734. The van der Waals surface area contributed by atoms with Crippen LogP contribution in [-0.2, 0) is 0 Å². The van der Waals surface area contributed by atoms with Crippen LogP contribution in [0.3, 0.4) is 0 Å². The summed E-state index contributed by atoms with van der Waals surface area (Å²) >= 11 is 6.08. The summed E-state index contributed by atoms with van der Waals surface area (Å²) in [5, 5.41) is 18.1. The van der Waals surface area contributed by atoms with Gasteiger partial charge in [-0.25, -0.2) is 0 Å². The van der Waals surface area contributed by atoms with E-state index < -0.39 is 0 Å². The molecule has 2 heterocycles. The van der Waals surface area contributed by atoms with Crippen LogP contribution in [0.4, 0.5) is 23.3 Å². The second-order valence-corrected chi connectivity index (χ2v) is 4.99. The molecule has 0 aliphatic heterocycles. The van der Waals surface area contributed by atoms with E-state index in [1.165, 1.54) is 6.20 Å². The van der Waals surface area contributed by atoms with Gasteiger partial charge in [0.15, 0.2) is 11.6 Å². The van der Waals surface area contributed by atoms with Gasteiger partial charge < -0.3 is 19.9 Å². The van der Waals surface area contributed by atoms with Crippen LogP contribution in [0, 0.1) is 6.92 Å². The molecule has 0 aliphatic rings. The van der Waals surface area contributed by atoms with E-state index >= 15 is 0 Å². The first-order valence-electron chi connectivity index (χ1n) is 6.64. The summed E-state index contributed by atoms with van der Waals surface area (Å²) in [5.74, 6) is 2.63. The number of nitrogens with one attached hydrogen (secondary N) is 2. The molecule has 0 unspecified atom stereocenters. The molecule has 0 bridgehead atoms. The average Bonchev–Trinajstić information content (AvgIpc) is 2.93. The van der Waals surface area contributed by atoms with E-state index in [2.05, 4.69) is 31.0 Å². The Hall–Kier alpha value is -2.87. The van der Waals surface area contributed by atoms with Crippen molar-refractivity contribution >= 4 is 34.9 Å². The minimum Gasteiger partial charge on any atom is -0.495 e. The highest BCUT2D eigenvalue weighted by Crippen LogP contribution is 2.28. The number of aromatic nitrogens is 4. The van der Waals surface area contributed by atoms with Gasteiger partial charge in [0.1, 0.15) is 11.5 Å². The summed E-state index contributed by atoms with van der Waals surface area (Å²) in [7, 11) is 1.56. The van der Waals surface area contributed by atoms with Gasteiger partial charge in [0, 0.05) is 11.8 Å². The smallest absolute Gasteiger partial charge is 0.249 e. The number of anilines is 4. The Morgan fingerprint density at radius 1 is 1.17 bits per heavy atom. The lowest BCUT2D eigenvalue weighted by molar-refractivity contribution is 0.400. The molecular weight excluding hydrogens is 320 g/mol. The molecule has 0 spiro atoms. The molecule has 9 heteroatoms. The van der Waals surface area contributed by atoms with Crippen LogP contribution in [-0.4, -0.2) is 27.4 Å². The van der Waals surface area contributed by atoms with Crippen molar-refractivity contribution in [2.24, 2.45) is 0 Å². The summed E-state index contributed by atoms with van der Waals surface area (Å²) in [6.07, 6.45) is 1.48. The van der Waals surface area contributed by atoms with E-state index in [0.717, 1.165) is 0 Å². The monoisotopic (exact) mass is 332 g/mol. The fraction of sp³-hybridized carbons (Fsp3) is 0.143. The molecule has 0 saturated carbocycles. The molecule has 0 amide bonds. The van der Waals surface area contributed by atoms with Crippen molar-refractivity contribution in [2.45, 2.75) is 6.92 Å². The van der Waals surface area contributed by atoms with E-state index in [9.17, 15) is 0 Å². The van der Waals surface area contributed by atoms with Crippen molar-refractivity contribution in [3.8, 4) is 5.75 Å². The number of benzene rings is 1. The first-order valence-corrected chi connectivity index (χ1v) is 7.02. The van der Waals surface area contributed by atoms with E-state index in [4.69, 9.17) is 20.9 Å². The van der Waals surface area contributed by atoms with E-state index in [1.54, 1.807) is 38.3 Å². The predicted octanol–water partition coefficient (Wildman–Crippen LogP) is 3.32. The number of hydrogen-bond donors (Lipinski definition) is 2. The summed E-state index contributed by atoms with van der Waals surface area (Å²) < 4.78 is 10.1. The number of aryl methyl sites for hydroxylation is 1. The zero-order chi connectivity index (χ0) is 16.2. The van der Waals surface area contributed by atoms with Gasteiger partial charge in [-0.2, -0.15) is 10.1 Å². The highest BCUT2D eigenvalue weighted by atomic mass is 35.5. The van der Waals surface area contributed by atoms with Gasteiger partial charge in [-0.05, 0) is 25.1 Å². The van der Waals surface area contributed by atoms with Crippen LogP contribution < -0.4 is 15.4 Å². The number of nitrogens with zero attached hydrogens (tertiary/aromatic N) is 4. The topological polar surface area (TPSA) is 98.0 Å².